The Morgan fingerprint density at radius 2 is 2.21 bits per heavy atom. The monoisotopic (exact) mass is 253 g/mol. The molecule has 0 spiro atoms. The first kappa shape index (κ1) is 10.2. The molecule has 1 N–H and O–H groups in total. The van der Waals surface area contributed by atoms with Crippen LogP contribution in [0.2, 0.25) is 0 Å². The zero-order chi connectivity index (χ0) is 10.2. The first-order valence-electron chi connectivity index (χ1n) is 5.13. The molecule has 1 atom stereocenters. The van der Waals surface area contributed by atoms with Crippen LogP contribution in [0.3, 0.4) is 0 Å². The van der Waals surface area contributed by atoms with Gasteiger partial charge in [-0.3, -0.25) is 0 Å². The Bertz CT molecular complexity index is 340. The van der Waals surface area contributed by atoms with Crippen molar-refractivity contribution in [3.05, 3.63) is 33.8 Å². The molecule has 1 heterocycles. The molecule has 0 aliphatic carbocycles. The molecule has 1 aromatic rings. The van der Waals surface area contributed by atoms with Gasteiger partial charge in [-0.25, -0.2) is 0 Å². The number of nitrogens with one attached hydrogen (secondary N) is 1. The molecule has 2 heteroatoms. The minimum Gasteiger partial charge on any atom is -0.308 e. The van der Waals surface area contributed by atoms with E-state index >= 15 is 0 Å². The molecule has 14 heavy (non-hydrogen) atoms. The third kappa shape index (κ3) is 1.73. The van der Waals surface area contributed by atoms with E-state index in [1.165, 1.54) is 28.4 Å². The van der Waals surface area contributed by atoms with E-state index in [2.05, 4.69) is 53.3 Å². The van der Waals surface area contributed by atoms with Gasteiger partial charge in [0, 0.05) is 10.0 Å². The van der Waals surface area contributed by atoms with Crippen LogP contribution in [0.4, 0.5) is 0 Å². The lowest BCUT2D eigenvalue weighted by atomic mass is 9.87. The Morgan fingerprint density at radius 3 is 2.86 bits per heavy atom. The molecular formula is C12H16BrN. The normalized spacial score (nSPS) is 26.8. The van der Waals surface area contributed by atoms with E-state index < -0.39 is 0 Å². The predicted molar refractivity (Wildman–Crippen MR) is 63.5 cm³/mol. The van der Waals surface area contributed by atoms with Crippen LogP contribution < -0.4 is 5.32 Å². The summed E-state index contributed by atoms with van der Waals surface area (Å²) in [5.41, 5.74) is 3.00. The largest absolute Gasteiger partial charge is 0.308 e. The summed E-state index contributed by atoms with van der Waals surface area (Å²) in [7, 11) is 0. The van der Waals surface area contributed by atoms with Crippen LogP contribution in [0, 0.1) is 6.92 Å². The maximum atomic E-state index is 3.60. The van der Waals surface area contributed by atoms with Crippen LogP contribution in [0.5, 0.6) is 0 Å². The molecule has 2 rings (SSSR count). The Kier molecular flexibility index (Phi) is 2.67. The third-order valence-electron chi connectivity index (χ3n) is 3.16. The molecule has 0 radical (unpaired) electrons. The first-order valence-corrected chi connectivity index (χ1v) is 5.93. The van der Waals surface area contributed by atoms with Crippen molar-refractivity contribution in [2.24, 2.45) is 0 Å². The van der Waals surface area contributed by atoms with Gasteiger partial charge in [0.15, 0.2) is 0 Å². The van der Waals surface area contributed by atoms with Gasteiger partial charge in [-0.2, -0.15) is 0 Å². The van der Waals surface area contributed by atoms with Crippen LogP contribution in [0.15, 0.2) is 22.7 Å². The zero-order valence-electron chi connectivity index (χ0n) is 8.73. The highest BCUT2D eigenvalue weighted by molar-refractivity contribution is 9.10. The summed E-state index contributed by atoms with van der Waals surface area (Å²) in [6.45, 7) is 5.63. The van der Waals surface area contributed by atoms with Crippen LogP contribution in [-0.4, -0.2) is 6.54 Å². The second-order valence-corrected chi connectivity index (χ2v) is 5.24. The lowest BCUT2D eigenvalue weighted by molar-refractivity contribution is 0.432. The molecule has 1 unspecified atom stereocenters. The fraction of sp³-hybridized carbons (Fsp3) is 0.500. The van der Waals surface area contributed by atoms with Crippen LogP contribution >= 0.6 is 15.9 Å². The van der Waals surface area contributed by atoms with E-state index in [0.29, 0.717) is 0 Å². The van der Waals surface area contributed by atoms with Gasteiger partial charge < -0.3 is 5.32 Å². The quantitative estimate of drug-likeness (QED) is 0.810. The van der Waals surface area contributed by atoms with E-state index in [0.717, 1.165) is 6.54 Å². The summed E-state index contributed by atoms with van der Waals surface area (Å²) in [6, 6.07) is 6.54. The second-order valence-electron chi connectivity index (χ2n) is 4.32. The smallest absolute Gasteiger partial charge is 0.0409 e. The highest BCUT2D eigenvalue weighted by atomic mass is 79.9. The van der Waals surface area contributed by atoms with Gasteiger partial charge in [-0.05, 0) is 56.5 Å². The Morgan fingerprint density at radius 1 is 1.43 bits per heavy atom. The van der Waals surface area contributed by atoms with Crippen molar-refractivity contribution in [2.75, 3.05) is 6.54 Å². The van der Waals surface area contributed by atoms with Crippen molar-refractivity contribution >= 4 is 15.9 Å². The number of halogens is 1. The third-order valence-corrected chi connectivity index (χ3v) is 3.66. The Labute approximate surface area is 94.0 Å². The van der Waals surface area contributed by atoms with Gasteiger partial charge in [0.1, 0.15) is 0 Å². The van der Waals surface area contributed by atoms with E-state index in [-0.39, 0.29) is 5.54 Å². The van der Waals surface area contributed by atoms with E-state index in [1.54, 1.807) is 0 Å². The van der Waals surface area contributed by atoms with Gasteiger partial charge >= 0.3 is 0 Å². The van der Waals surface area contributed by atoms with Crippen molar-refractivity contribution in [1.82, 2.24) is 5.32 Å². The van der Waals surface area contributed by atoms with Gasteiger partial charge in [0.2, 0.25) is 0 Å². The zero-order valence-corrected chi connectivity index (χ0v) is 10.3. The molecule has 1 saturated heterocycles. The van der Waals surface area contributed by atoms with Crippen molar-refractivity contribution in [3.63, 3.8) is 0 Å². The van der Waals surface area contributed by atoms with E-state index in [4.69, 9.17) is 0 Å². The maximum absolute atomic E-state index is 3.60. The average Bonchev–Trinajstić information content (AvgIpc) is 2.58. The second kappa shape index (κ2) is 3.67. The molecule has 76 valence electrons. The van der Waals surface area contributed by atoms with Gasteiger partial charge in [0.05, 0.1) is 0 Å². The maximum Gasteiger partial charge on any atom is 0.0409 e. The highest BCUT2D eigenvalue weighted by Gasteiger charge is 2.31. The van der Waals surface area contributed by atoms with Crippen molar-refractivity contribution in [3.8, 4) is 0 Å². The average molecular weight is 254 g/mol. The molecule has 1 aromatic carbocycles. The molecule has 1 fully saturated rings. The number of hydrogen-bond acceptors (Lipinski definition) is 1. The summed E-state index contributed by atoms with van der Waals surface area (Å²) in [6.07, 6.45) is 2.52. The van der Waals surface area contributed by atoms with Gasteiger partial charge in [-0.15, -0.1) is 0 Å². The molecule has 1 aliphatic heterocycles. The molecule has 1 aliphatic rings. The Hall–Kier alpha value is -0.340. The van der Waals surface area contributed by atoms with E-state index in [1.807, 2.05) is 0 Å². The fourth-order valence-corrected chi connectivity index (χ4v) is 2.67. The Balaban J connectivity index is 2.44. The lowest BCUT2D eigenvalue weighted by Crippen LogP contribution is -2.33. The van der Waals surface area contributed by atoms with Gasteiger partial charge in [-0.1, -0.05) is 22.0 Å². The predicted octanol–water partition coefficient (Wildman–Crippen LogP) is 3.36. The molecule has 0 bridgehead atoms. The van der Waals surface area contributed by atoms with E-state index in [9.17, 15) is 0 Å². The molecule has 0 saturated carbocycles. The SMILES string of the molecule is Cc1ccc(Br)cc1C1(C)CCCN1. The molecule has 0 amide bonds. The summed E-state index contributed by atoms with van der Waals surface area (Å²) < 4.78 is 1.17. The topological polar surface area (TPSA) is 12.0 Å². The molecular weight excluding hydrogens is 238 g/mol. The lowest BCUT2D eigenvalue weighted by Gasteiger charge is -2.27. The fourth-order valence-electron chi connectivity index (χ4n) is 2.31. The summed E-state index contributed by atoms with van der Waals surface area (Å²) >= 11 is 3.54. The van der Waals surface area contributed by atoms with Crippen LogP contribution in [0.25, 0.3) is 0 Å². The molecule has 0 aromatic heterocycles. The number of rotatable bonds is 1. The standard InChI is InChI=1S/C12H16BrN/c1-9-4-5-10(13)8-11(9)12(2)6-3-7-14-12/h4-5,8,14H,3,6-7H2,1-2H3. The minimum absolute atomic E-state index is 0.188. The van der Waals surface area contributed by atoms with Crippen LogP contribution in [0.1, 0.15) is 30.9 Å². The van der Waals surface area contributed by atoms with Crippen molar-refractivity contribution in [1.29, 1.82) is 0 Å². The van der Waals surface area contributed by atoms with Crippen molar-refractivity contribution in [2.45, 2.75) is 32.2 Å². The first-order chi connectivity index (χ1) is 6.62. The van der Waals surface area contributed by atoms with Crippen LogP contribution in [-0.2, 0) is 5.54 Å². The highest BCUT2D eigenvalue weighted by Crippen LogP contribution is 2.33. The number of hydrogen-bond donors (Lipinski definition) is 1. The van der Waals surface area contributed by atoms with Gasteiger partial charge in [0.25, 0.3) is 0 Å². The summed E-state index contributed by atoms with van der Waals surface area (Å²) in [5.74, 6) is 0. The number of benzene rings is 1. The molecule has 1 nitrogen and oxygen atoms in total. The summed E-state index contributed by atoms with van der Waals surface area (Å²) in [5, 5.41) is 3.60. The summed E-state index contributed by atoms with van der Waals surface area (Å²) in [4.78, 5) is 0. The number of aryl methyl sites for hydroxylation is 1. The minimum atomic E-state index is 0.188. The van der Waals surface area contributed by atoms with Crippen molar-refractivity contribution < 1.29 is 0 Å².